The molecule has 1 aliphatic rings. The molecule has 2 atom stereocenters. The topological polar surface area (TPSA) is 47.3 Å². The minimum Gasteiger partial charge on any atom is -0.384 e. The molecule has 2 unspecified atom stereocenters. The van der Waals surface area contributed by atoms with Crippen LogP contribution in [-0.4, -0.2) is 28.1 Å². The summed E-state index contributed by atoms with van der Waals surface area (Å²) in [7, 11) is 1.64. The number of rotatable bonds is 5. The van der Waals surface area contributed by atoms with Crippen molar-refractivity contribution in [3.63, 3.8) is 0 Å². The van der Waals surface area contributed by atoms with Crippen molar-refractivity contribution in [2.75, 3.05) is 7.11 Å². The van der Waals surface area contributed by atoms with Gasteiger partial charge in [0, 0.05) is 13.2 Å². The number of nitrogens with zero attached hydrogens (tertiary/aromatic N) is 2. The number of hydrogen-bond acceptors (Lipinski definition) is 3. The Morgan fingerprint density at radius 3 is 2.65 bits per heavy atom. The second kappa shape index (κ2) is 4.96. The monoisotopic (exact) mass is 258 g/mol. The first kappa shape index (κ1) is 12.9. The average molecular weight is 259 g/mol. The Morgan fingerprint density at radius 1 is 1.53 bits per heavy atom. The van der Waals surface area contributed by atoms with Gasteiger partial charge >= 0.3 is 0 Å². The van der Waals surface area contributed by atoms with Gasteiger partial charge in [0.2, 0.25) is 0 Å². The van der Waals surface area contributed by atoms with Crippen LogP contribution in [0.4, 0.5) is 0 Å². The molecule has 1 aromatic rings. The van der Waals surface area contributed by atoms with Crippen molar-refractivity contribution >= 4 is 11.6 Å². The summed E-state index contributed by atoms with van der Waals surface area (Å²) >= 11 is 6.11. The second-order valence-electron chi connectivity index (χ2n) is 4.90. The largest absolute Gasteiger partial charge is 0.384 e. The van der Waals surface area contributed by atoms with Crippen molar-refractivity contribution in [1.82, 2.24) is 9.78 Å². The Hall–Kier alpha value is -0.580. The highest BCUT2D eigenvalue weighted by atomic mass is 35.5. The van der Waals surface area contributed by atoms with Gasteiger partial charge in [-0.2, -0.15) is 5.10 Å². The number of aromatic nitrogens is 2. The molecule has 4 nitrogen and oxygen atoms in total. The molecule has 1 saturated carbocycles. The van der Waals surface area contributed by atoms with E-state index in [9.17, 15) is 5.11 Å². The zero-order valence-electron chi connectivity index (χ0n) is 10.4. The first-order valence-corrected chi connectivity index (χ1v) is 6.37. The van der Waals surface area contributed by atoms with Gasteiger partial charge in [-0.1, -0.05) is 11.6 Å². The van der Waals surface area contributed by atoms with Crippen LogP contribution in [0.1, 0.15) is 44.5 Å². The molecule has 0 radical (unpaired) electrons. The van der Waals surface area contributed by atoms with Gasteiger partial charge in [0.05, 0.1) is 23.0 Å². The summed E-state index contributed by atoms with van der Waals surface area (Å²) in [5, 5.41) is 15.1. The normalized spacial score (nSPS) is 19.6. The van der Waals surface area contributed by atoms with E-state index in [0.29, 0.717) is 16.6 Å². The summed E-state index contributed by atoms with van der Waals surface area (Å²) in [6.07, 6.45) is 2.93. The SMILES string of the molecule is COC(C1CC1)C(O)c1c(Cl)cnn1C(C)C. The lowest BCUT2D eigenvalue weighted by molar-refractivity contribution is -0.0302. The molecular formula is C12H19ClN2O2. The van der Waals surface area contributed by atoms with Gasteiger partial charge in [-0.05, 0) is 32.6 Å². The molecule has 0 aromatic carbocycles. The fraction of sp³-hybridized carbons (Fsp3) is 0.750. The predicted molar refractivity (Wildman–Crippen MR) is 66.1 cm³/mol. The highest BCUT2D eigenvalue weighted by Crippen LogP contribution is 2.41. The maximum atomic E-state index is 10.4. The highest BCUT2D eigenvalue weighted by molar-refractivity contribution is 6.31. The van der Waals surface area contributed by atoms with Crippen molar-refractivity contribution in [3.05, 3.63) is 16.9 Å². The van der Waals surface area contributed by atoms with Gasteiger partial charge in [-0.25, -0.2) is 0 Å². The third-order valence-electron chi connectivity index (χ3n) is 3.23. The minimum atomic E-state index is -0.704. The Bertz CT molecular complexity index is 388. The zero-order valence-corrected chi connectivity index (χ0v) is 11.2. The standard InChI is InChI=1S/C12H19ClN2O2/c1-7(2)15-10(9(13)6-14-15)11(16)12(17-3)8-4-5-8/h6-8,11-12,16H,4-5H2,1-3H3. The van der Waals surface area contributed by atoms with Crippen molar-refractivity contribution in [2.45, 2.75) is 44.9 Å². The van der Waals surface area contributed by atoms with Crippen molar-refractivity contribution in [1.29, 1.82) is 0 Å². The molecule has 0 amide bonds. The third-order valence-corrected chi connectivity index (χ3v) is 3.52. The lowest BCUT2D eigenvalue weighted by Crippen LogP contribution is -2.26. The molecule has 0 bridgehead atoms. The van der Waals surface area contributed by atoms with Crippen molar-refractivity contribution in [3.8, 4) is 0 Å². The molecule has 0 spiro atoms. The molecule has 2 rings (SSSR count). The van der Waals surface area contributed by atoms with Gasteiger partial charge in [-0.15, -0.1) is 0 Å². The summed E-state index contributed by atoms with van der Waals surface area (Å²) in [5.74, 6) is 0.446. The van der Waals surface area contributed by atoms with E-state index in [-0.39, 0.29) is 12.1 Å². The summed E-state index contributed by atoms with van der Waals surface area (Å²) in [4.78, 5) is 0. The van der Waals surface area contributed by atoms with E-state index >= 15 is 0 Å². The number of halogens is 1. The number of aliphatic hydroxyl groups excluding tert-OH is 1. The summed E-state index contributed by atoms with van der Waals surface area (Å²) < 4.78 is 7.17. The van der Waals surface area contributed by atoms with Gasteiger partial charge in [0.1, 0.15) is 6.10 Å². The van der Waals surface area contributed by atoms with Crippen LogP contribution in [0.15, 0.2) is 6.20 Å². The zero-order chi connectivity index (χ0) is 12.6. The van der Waals surface area contributed by atoms with Crippen molar-refractivity contribution < 1.29 is 9.84 Å². The minimum absolute atomic E-state index is 0.170. The van der Waals surface area contributed by atoms with Gasteiger partial charge in [-0.3, -0.25) is 4.68 Å². The van der Waals surface area contributed by atoms with E-state index in [1.807, 2.05) is 13.8 Å². The highest BCUT2D eigenvalue weighted by Gasteiger charge is 2.39. The molecule has 17 heavy (non-hydrogen) atoms. The quantitative estimate of drug-likeness (QED) is 0.883. The molecule has 5 heteroatoms. The lowest BCUT2D eigenvalue weighted by atomic mass is 10.1. The first-order chi connectivity index (χ1) is 8.06. The maximum absolute atomic E-state index is 10.4. The molecule has 1 aliphatic carbocycles. The van der Waals surface area contributed by atoms with Crippen LogP contribution in [0, 0.1) is 5.92 Å². The van der Waals surface area contributed by atoms with E-state index in [1.165, 1.54) is 0 Å². The summed E-state index contributed by atoms with van der Waals surface area (Å²) in [6.45, 7) is 4.02. The van der Waals surface area contributed by atoms with Crippen LogP contribution < -0.4 is 0 Å². The third kappa shape index (κ3) is 2.49. The van der Waals surface area contributed by atoms with Crippen LogP contribution in [0.25, 0.3) is 0 Å². The van der Waals surface area contributed by atoms with Gasteiger partial charge in [0.15, 0.2) is 0 Å². The predicted octanol–water partition coefficient (Wildman–Crippen LogP) is 2.58. The number of hydrogen-bond donors (Lipinski definition) is 1. The van der Waals surface area contributed by atoms with Crippen LogP contribution in [0.3, 0.4) is 0 Å². The molecule has 1 heterocycles. The Kier molecular flexibility index (Phi) is 3.76. The van der Waals surface area contributed by atoms with Crippen LogP contribution in [-0.2, 0) is 4.74 Å². The van der Waals surface area contributed by atoms with E-state index in [4.69, 9.17) is 16.3 Å². The van der Waals surface area contributed by atoms with Crippen LogP contribution in [0.5, 0.6) is 0 Å². The smallest absolute Gasteiger partial charge is 0.123 e. The molecule has 1 N–H and O–H groups in total. The van der Waals surface area contributed by atoms with Crippen LogP contribution >= 0.6 is 11.6 Å². The van der Waals surface area contributed by atoms with Crippen LogP contribution in [0.2, 0.25) is 5.02 Å². The van der Waals surface area contributed by atoms with Gasteiger partial charge < -0.3 is 9.84 Å². The summed E-state index contributed by atoms with van der Waals surface area (Å²) in [5.41, 5.74) is 0.667. The molecular weight excluding hydrogens is 240 g/mol. The number of ether oxygens (including phenoxy) is 1. The fourth-order valence-corrected chi connectivity index (χ4v) is 2.44. The number of methoxy groups -OCH3 is 1. The van der Waals surface area contributed by atoms with Gasteiger partial charge in [0.25, 0.3) is 0 Å². The van der Waals surface area contributed by atoms with E-state index in [2.05, 4.69) is 5.10 Å². The maximum Gasteiger partial charge on any atom is 0.123 e. The average Bonchev–Trinajstić information content (AvgIpc) is 3.01. The molecule has 0 aliphatic heterocycles. The van der Waals surface area contributed by atoms with E-state index in [1.54, 1.807) is 18.0 Å². The molecule has 1 aromatic heterocycles. The Labute approximate surface area is 107 Å². The second-order valence-corrected chi connectivity index (χ2v) is 5.31. The van der Waals surface area contributed by atoms with Crippen molar-refractivity contribution in [2.24, 2.45) is 5.92 Å². The fourth-order valence-electron chi connectivity index (χ4n) is 2.20. The lowest BCUT2D eigenvalue weighted by Gasteiger charge is -2.23. The van der Waals surface area contributed by atoms with E-state index in [0.717, 1.165) is 12.8 Å². The number of aliphatic hydroxyl groups is 1. The molecule has 1 fully saturated rings. The molecule has 0 saturated heterocycles. The first-order valence-electron chi connectivity index (χ1n) is 6.00. The Balaban J connectivity index is 2.28. The summed E-state index contributed by atoms with van der Waals surface area (Å²) in [6, 6.07) is 0.170. The molecule has 96 valence electrons. The van der Waals surface area contributed by atoms with E-state index < -0.39 is 6.10 Å². The Morgan fingerprint density at radius 2 is 2.18 bits per heavy atom.